The Kier molecular flexibility index (Phi) is 3.93. The minimum atomic E-state index is -0.685. The minimum absolute atomic E-state index is 0.449. The van der Waals surface area contributed by atoms with E-state index in [1.54, 1.807) is 18.2 Å². The second-order valence-corrected chi connectivity index (χ2v) is 5.66. The summed E-state index contributed by atoms with van der Waals surface area (Å²) in [6.07, 6.45) is -0.685. The molecule has 0 saturated carbocycles. The number of benzene rings is 1. The van der Waals surface area contributed by atoms with Crippen LogP contribution >= 0.6 is 50.5 Å². The molecule has 1 atom stereocenters. The van der Waals surface area contributed by atoms with E-state index in [4.69, 9.17) is 23.2 Å². The third-order valence-electron chi connectivity index (χ3n) is 2.20. The molecule has 0 saturated heterocycles. The van der Waals surface area contributed by atoms with E-state index in [2.05, 4.69) is 15.9 Å². The van der Waals surface area contributed by atoms with Gasteiger partial charge < -0.3 is 5.11 Å². The summed E-state index contributed by atoms with van der Waals surface area (Å²) in [5, 5.41) is 14.9. The Hall–Kier alpha value is -0.0600. The molecule has 2 aromatic rings. The Balaban J connectivity index is 2.38. The first kappa shape index (κ1) is 12.4. The highest BCUT2D eigenvalue weighted by atomic mass is 79.9. The van der Waals surface area contributed by atoms with Crippen molar-refractivity contribution >= 4 is 50.5 Å². The van der Waals surface area contributed by atoms with Gasteiger partial charge in [0, 0.05) is 15.4 Å². The number of aliphatic hydroxyl groups excluding tert-OH is 1. The zero-order valence-electron chi connectivity index (χ0n) is 7.95. The van der Waals surface area contributed by atoms with Gasteiger partial charge in [-0.3, -0.25) is 0 Å². The molecule has 1 N–H and O–H groups in total. The smallest absolute Gasteiger partial charge is 0.106 e. The summed E-state index contributed by atoms with van der Waals surface area (Å²) >= 11 is 16.6. The molecule has 84 valence electrons. The van der Waals surface area contributed by atoms with Gasteiger partial charge in [-0.25, -0.2) is 0 Å². The van der Waals surface area contributed by atoms with Crippen LogP contribution in [0.15, 0.2) is 33.4 Å². The molecule has 0 fully saturated rings. The summed E-state index contributed by atoms with van der Waals surface area (Å²) in [6, 6.07) is 5.13. The fourth-order valence-electron chi connectivity index (χ4n) is 1.35. The normalized spacial score (nSPS) is 12.8. The summed E-state index contributed by atoms with van der Waals surface area (Å²) in [7, 11) is 0. The van der Waals surface area contributed by atoms with Crippen LogP contribution in [0.25, 0.3) is 0 Å². The van der Waals surface area contributed by atoms with Crippen LogP contribution in [0, 0.1) is 0 Å². The van der Waals surface area contributed by atoms with Crippen molar-refractivity contribution in [1.29, 1.82) is 0 Å². The average molecular weight is 338 g/mol. The topological polar surface area (TPSA) is 20.2 Å². The zero-order chi connectivity index (χ0) is 11.7. The van der Waals surface area contributed by atoms with Crippen LogP contribution in [0.1, 0.15) is 17.2 Å². The fraction of sp³-hybridized carbons (Fsp3) is 0.0909. The van der Waals surface area contributed by atoms with Gasteiger partial charge in [-0.2, -0.15) is 11.3 Å². The van der Waals surface area contributed by atoms with Gasteiger partial charge in [0.25, 0.3) is 0 Å². The van der Waals surface area contributed by atoms with Gasteiger partial charge in [-0.05, 0) is 39.0 Å². The van der Waals surface area contributed by atoms with E-state index in [1.807, 2.05) is 10.8 Å². The Bertz CT molecular complexity index is 512. The molecular formula is C11H7BrCl2OS. The maximum atomic E-state index is 10.2. The Morgan fingerprint density at radius 3 is 2.50 bits per heavy atom. The molecule has 0 aliphatic rings. The molecule has 1 aromatic carbocycles. The van der Waals surface area contributed by atoms with Gasteiger partial charge in [0.2, 0.25) is 0 Å². The van der Waals surface area contributed by atoms with E-state index >= 15 is 0 Å². The molecule has 16 heavy (non-hydrogen) atoms. The quantitative estimate of drug-likeness (QED) is 0.826. The molecule has 0 aliphatic carbocycles. The standard InChI is InChI=1S/C11H7BrCl2OS/c12-8-5-16-4-7(8)11(15)6-1-2-9(13)10(14)3-6/h1-5,11,15H. The van der Waals surface area contributed by atoms with Gasteiger partial charge in [0.1, 0.15) is 6.10 Å². The van der Waals surface area contributed by atoms with Gasteiger partial charge in [0.05, 0.1) is 10.0 Å². The molecular weight excluding hydrogens is 331 g/mol. The number of thiophene rings is 1. The molecule has 0 bridgehead atoms. The highest BCUT2D eigenvalue weighted by molar-refractivity contribution is 9.10. The Morgan fingerprint density at radius 1 is 1.19 bits per heavy atom. The first-order chi connectivity index (χ1) is 7.59. The van der Waals surface area contributed by atoms with Crippen molar-refractivity contribution in [3.63, 3.8) is 0 Å². The number of rotatable bonds is 2. The third-order valence-corrected chi connectivity index (χ3v) is 4.69. The van der Waals surface area contributed by atoms with E-state index < -0.39 is 6.10 Å². The van der Waals surface area contributed by atoms with Crippen molar-refractivity contribution < 1.29 is 5.11 Å². The maximum absolute atomic E-state index is 10.2. The summed E-state index contributed by atoms with van der Waals surface area (Å²) in [5.41, 5.74) is 1.57. The molecule has 1 nitrogen and oxygen atoms in total. The summed E-state index contributed by atoms with van der Waals surface area (Å²) in [6.45, 7) is 0. The first-order valence-corrected chi connectivity index (χ1v) is 6.93. The number of hydrogen-bond acceptors (Lipinski definition) is 2. The molecule has 0 aliphatic heterocycles. The number of aliphatic hydroxyl groups is 1. The first-order valence-electron chi connectivity index (χ1n) is 4.44. The van der Waals surface area contributed by atoms with Gasteiger partial charge in [-0.1, -0.05) is 29.3 Å². The lowest BCUT2D eigenvalue weighted by Crippen LogP contribution is -1.98. The van der Waals surface area contributed by atoms with Crippen LogP contribution in [-0.2, 0) is 0 Å². The highest BCUT2D eigenvalue weighted by Gasteiger charge is 2.15. The van der Waals surface area contributed by atoms with E-state index in [0.29, 0.717) is 10.0 Å². The molecule has 0 spiro atoms. The molecule has 1 unspecified atom stereocenters. The van der Waals surface area contributed by atoms with Crippen LogP contribution < -0.4 is 0 Å². The largest absolute Gasteiger partial charge is 0.384 e. The van der Waals surface area contributed by atoms with Crippen molar-refractivity contribution in [1.82, 2.24) is 0 Å². The predicted molar refractivity (Wildman–Crippen MR) is 72.5 cm³/mol. The zero-order valence-corrected chi connectivity index (χ0v) is 11.9. The molecule has 0 radical (unpaired) electrons. The summed E-state index contributed by atoms with van der Waals surface area (Å²) < 4.78 is 0.899. The molecule has 1 aromatic heterocycles. The second-order valence-electron chi connectivity index (χ2n) is 3.25. The monoisotopic (exact) mass is 336 g/mol. The molecule has 5 heteroatoms. The number of hydrogen-bond donors (Lipinski definition) is 1. The van der Waals surface area contributed by atoms with Crippen LogP contribution in [0.4, 0.5) is 0 Å². The minimum Gasteiger partial charge on any atom is -0.384 e. The van der Waals surface area contributed by atoms with Crippen LogP contribution in [0.5, 0.6) is 0 Å². The van der Waals surface area contributed by atoms with E-state index in [9.17, 15) is 5.11 Å². The highest BCUT2D eigenvalue weighted by Crippen LogP contribution is 2.33. The summed E-state index contributed by atoms with van der Waals surface area (Å²) in [4.78, 5) is 0. The maximum Gasteiger partial charge on any atom is 0.106 e. The Labute approximate surface area is 116 Å². The SMILES string of the molecule is OC(c1ccc(Cl)c(Cl)c1)c1cscc1Br. The molecule has 2 rings (SSSR count). The fourth-order valence-corrected chi connectivity index (χ4v) is 3.19. The van der Waals surface area contributed by atoms with Gasteiger partial charge in [-0.15, -0.1) is 0 Å². The molecule has 0 amide bonds. The van der Waals surface area contributed by atoms with Crippen molar-refractivity contribution in [3.05, 3.63) is 54.6 Å². The van der Waals surface area contributed by atoms with Crippen molar-refractivity contribution in [2.75, 3.05) is 0 Å². The van der Waals surface area contributed by atoms with Crippen LogP contribution in [-0.4, -0.2) is 5.11 Å². The number of halogens is 3. The summed E-state index contributed by atoms with van der Waals surface area (Å²) in [5.74, 6) is 0. The molecule has 1 heterocycles. The van der Waals surface area contributed by atoms with Crippen molar-refractivity contribution in [2.24, 2.45) is 0 Å². The van der Waals surface area contributed by atoms with E-state index in [0.717, 1.165) is 15.6 Å². The van der Waals surface area contributed by atoms with E-state index in [-0.39, 0.29) is 0 Å². The lowest BCUT2D eigenvalue weighted by Gasteiger charge is -2.11. The second kappa shape index (κ2) is 5.07. The van der Waals surface area contributed by atoms with E-state index in [1.165, 1.54) is 11.3 Å². The third kappa shape index (κ3) is 2.44. The van der Waals surface area contributed by atoms with Gasteiger partial charge >= 0.3 is 0 Å². The lowest BCUT2D eigenvalue weighted by atomic mass is 10.0. The Morgan fingerprint density at radius 2 is 1.94 bits per heavy atom. The average Bonchev–Trinajstić information content (AvgIpc) is 2.67. The lowest BCUT2D eigenvalue weighted by molar-refractivity contribution is 0.220. The van der Waals surface area contributed by atoms with Gasteiger partial charge in [0.15, 0.2) is 0 Å². The van der Waals surface area contributed by atoms with Crippen molar-refractivity contribution in [3.8, 4) is 0 Å². The van der Waals surface area contributed by atoms with Crippen molar-refractivity contribution in [2.45, 2.75) is 6.10 Å². The van der Waals surface area contributed by atoms with Crippen LogP contribution in [0.2, 0.25) is 10.0 Å². The predicted octanol–water partition coefficient (Wildman–Crippen LogP) is 4.90. The van der Waals surface area contributed by atoms with Crippen LogP contribution in [0.3, 0.4) is 0 Å².